The molecule has 3 heteroatoms. The first-order chi connectivity index (χ1) is 7.00. The number of esters is 1. The van der Waals surface area contributed by atoms with E-state index in [4.69, 9.17) is 4.74 Å². The van der Waals surface area contributed by atoms with Gasteiger partial charge in [0.25, 0.3) is 0 Å². The largest absolute Gasteiger partial charge is 0.460 e. The minimum absolute atomic E-state index is 0.00449. The van der Waals surface area contributed by atoms with E-state index in [0.29, 0.717) is 5.56 Å². The molecular weight excluding hydrogens is 195 g/mol. The number of carbonyl (C=O) groups is 1. The zero-order chi connectivity index (χ0) is 11.4. The number of rotatable bonds is 3. The van der Waals surface area contributed by atoms with Crippen LogP contribution in [-0.2, 0) is 16.1 Å². The van der Waals surface area contributed by atoms with E-state index in [2.05, 4.69) is 0 Å². The molecule has 0 aromatic heterocycles. The predicted octanol–water partition coefficient (Wildman–Crippen LogP) is 2.83. The molecule has 0 saturated carbocycles. The standard InChI is InChI=1S/C12H15FO2/c1-8(2)12(14)15-7-10-6-9(3)4-5-11(10)13/h4-6,8H,7H2,1-3H3. The van der Waals surface area contributed by atoms with E-state index in [1.807, 2.05) is 6.92 Å². The molecule has 1 rings (SSSR count). The van der Waals surface area contributed by atoms with Gasteiger partial charge in [0, 0.05) is 5.56 Å². The monoisotopic (exact) mass is 210 g/mol. The van der Waals surface area contributed by atoms with Crippen LogP contribution in [0.25, 0.3) is 0 Å². The summed E-state index contributed by atoms with van der Waals surface area (Å²) in [5.41, 5.74) is 1.37. The van der Waals surface area contributed by atoms with Gasteiger partial charge in [-0.05, 0) is 19.1 Å². The fraction of sp³-hybridized carbons (Fsp3) is 0.417. The Balaban J connectivity index is 2.65. The molecular formula is C12H15FO2. The first-order valence-electron chi connectivity index (χ1n) is 4.92. The van der Waals surface area contributed by atoms with Crippen LogP contribution in [0.4, 0.5) is 4.39 Å². The zero-order valence-corrected chi connectivity index (χ0v) is 9.21. The minimum Gasteiger partial charge on any atom is -0.460 e. The molecule has 0 aliphatic rings. The van der Waals surface area contributed by atoms with Crippen LogP contribution in [0, 0.1) is 18.7 Å². The third-order valence-electron chi connectivity index (χ3n) is 2.04. The van der Waals surface area contributed by atoms with Gasteiger partial charge in [-0.15, -0.1) is 0 Å². The second-order valence-corrected chi connectivity index (χ2v) is 3.86. The number of hydrogen-bond acceptors (Lipinski definition) is 2. The molecule has 0 aliphatic carbocycles. The van der Waals surface area contributed by atoms with E-state index in [1.165, 1.54) is 6.07 Å². The Kier molecular flexibility index (Phi) is 3.83. The van der Waals surface area contributed by atoms with Gasteiger partial charge in [-0.3, -0.25) is 4.79 Å². The first-order valence-corrected chi connectivity index (χ1v) is 4.92. The molecule has 0 unspecified atom stereocenters. The molecule has 0 amide bonds. The van der Waals surface area contributed by atoms with Gasteiger partial charge in [0.05, 0.1) is 5.92 Å². The van der Waals surface area contributed by atoms with Crippen molar-refractivity contribution in [2.45, 2.75) is 27.4 Å². The molecule has 0 atom stereocenters. The van der Waals surface area contributed by atoms with E-state index in [1.54, 1.807) is 26.0 Å². The third-order valence-corrected chi connectivity index (χ3v) is 2.04. The molecule has 0 fully saturated rings. The van der Waals surface area contributed by atoms with Gasteiger partial charge >= 0.3 is 5.97 Å². The third kappa shape index (κ3) is 3.35. The topological polar surface area (TPSA) is 26.3 Å². The highest BCUT2D eigenvalue weighted by Crippen LogP contribution is 2.12. The summed E-state index contributed by atoms with van der Waals surface area (Å²) in [4.78, 5) is 11.2. The fourth-order valence-electron chi connectivity index (χ4n) is 1.13. The maximum Gasteiger partial charge on any atom is 0.308 e. The number of halogens is 1. The van der Waals surface area contributed by atoms with Gasteiger partial charge in [-0.1, -0.05) is 25.5 Å². The van der Waals surface area contributed by atoms with Crippen molar-refractivity contribution in [2.75, 3.05) is 0 Å². The lowest BCUT2D eigenvalue weighted by Crippen LogP contribution is -2.12. The van der Waals surface area contributed by atoms with Crippen molar-refractivity contribution in [1.29, 1.82) is 0 Å². The molecule has 0 saturated heterocycles. The van der Waals surface area contributed by atoms with Gasteiger partial charge < -0.3 is 4.74 Å². The Hall–Kier alpha value is -1.38. The molecule has 0 spiro atoms. The summed E-state index contributed by atoms with van der Waals surface area (Å²) in [6.07, 6.45) is 0. The van der Waals surface area contributed by atoms with Crippen LogP contribution in [0.3, 0.4) is 0 Å². The van der Waals surface area contributed by atoms with Crippen LogP contribution in [-0.4, -0.2) is 5.97 Å². The van der Waals surface area contributed by atoms with E-state index in [0.717, 1.165) is 5.56 Å². The van der Waals surface area contributed by atoms with Gasteiger partial charge in [-0.25, -0.2) is 4.39 Å². The van der Waals surface area contributed by atoms with Gasteiger partial charge in [0.15, 0.2) is 0 Å². The Bertz CT molecular complexity index is 359. The molecule has 0 heterocycles. The number of ether oxygens (including phenoxy) is 1. The summed E-state index contributed by atoms with van der Waals surface area (Å²) in [6.45, 7) is 5.36. The van der Waals surface area contributed by atoms with Crippen molar-refractivity contribution >= 4 is 5.97 Å². The van der Waals surface area contributed by atoms with Crippen molar-refractivity contribution < 1.29 is 13.9 Å². The molecule has 2 nitrogen and oxygen atoms in total. The van der Waals surface area contributed by atoms with Crippen molar-refractivity contribution in [2.24, 2.45) is 5.92 Å². The number of carbonyl (C=O) groups excluding carboxylic acids is 1. The number of hydrogen-bond donors (Lipinski definition) is 0. The predicted molar refractivity (Wildman–Crippen MR) is 55.8 cm³/mol. The lowest BCUT2D eigenvalue weighted by atomic mass is 10.1. The second kappa shape index (κ2) is 4.91. The second-order valence-electron chi connectivity index (χ2n) is 3.86. The Morgan fingerprint density at radius 3 is 2.73 bits per heavy atom. The smallest absolute Gasteiger partial charge is 0.308 e. The molecule has 1 aromatic carbocycles. The van der Waals surface area contributed by atoms with Crippen molar-refractivity contribution in [3.05, 3.63) is 35.1 Å². The molecule has 0 bridgehead atoms. The van der Waals surface area contributed by atoms with Crippen LogP contribution in [0.15, 0.2) is 18.2 Å². The van der Waals surface area contributed by atoms with Crippen LogP contribution >= 0.6 is 0 Å². The van der Waals surface area contributed by atoms with Gasteiger partial charge in [0.1, 0.15) is 12.4 Å². The maximum absolute atomic E-state index is 13.2. The summed E-state index contributed by atoms with van der Waals surface area (Å²) < 4.78 is 18.2. The summed E-state index contributed by atoms with van der Waals surface area (Å²) in [5, 5.41) is 0. The normalized spacial score (nSPS) is 10.5. The van der Waals surface area contributed by atoms with Crippen molar-refractivity contribution in [3.63, 3.8) is 0 Å². The quantitative estimate of drug-likeness (QED) is 0.717. The van der Waals surface area contributed by atoms with Crippen molar-refractivity contribution in [1.82, 2.24) is 0 Å². The van der Waals surface area contributed by atoms with E-state index >= 15 is 0 Å². The van der Waals surface area contributed by atoms with Crippen LogP contribution < -0.4 is 0 Å². The fourth-order valence-corrected chi connectivity index (χ4v) is 1.13. The summed E-state index contributed by atoms with van der Waals surface area (Å²) in [7, 11) is 0. The van der Waals surface area contributed by atoms with Crippen LogP contribution in [0.1, 0.15) is 25.0 Å². The average molecular weight is 210 g/mol. The Morgan fingerprint density at radius 2 is 2.13 bits per heavy atom. The van der Waals surface area contributed by atoms with Gasteiger partial charge in [0.2, 0.25) is 0 Å². The molecule has 82 valence electrons. The summed E-state index contributed by atoms with van der Waals surface area (Å²) >= 11 is 0. The lowest BCUT2D eigenvalue weighted by molar-refractivity contribution is -0.148. The van der Waals surface area contributed by atoms with E-state index in [-0.39, 0.29) is 24.3 Å². The van der Waals surface area contributed by atoms with Crippen molar-refractivity contribution in [3.8, 4) is 0 Å². The highest BCUT2D eigenvalue weighted by molar-refractivity contribution is 5.71. The maximum atomic E-state index is 13.2. The minimum atomic E-state index is -0.336. The average Bonchev–Trinajstić information content (AvgIpc) is 2.18. The van der Waals surface area contributed by atoms with E-state index in [9.17, 15) is 9.18 Å². The Labute approximate surface area is 89.1 Å². The molecule has 0 aliphatic heterocycles. The summed E-state index contributed by atoms with van der Waals surface area (Å²) in [6, 6.07) is 4.75. The summed E-state index contributed by atoms with van der Waals surface area (Å²) in [5.74, 6) is -0.828. The SMILES string of the molecule is Cc1ccc(F)c(COC(=O)C(C)C)c1. The highest BCUT2D eigenvalue weighted by Gasteiger charge is 2.10. The zero-order valence-electron chi connectivity index (χ0n) is 9.21. The number of benzene rings is 1. The molecule has 1 aromatic rings. The van der Waals surface area contributed by atoms with E-state index < -0.39 is 0 Å². The highest BCUT2D eigenvalue weighted by atomic mass is 19.1. The molecule has 15 heavy (non-hydrogen) atoms. The number of aryl methyl sites for hydroxylation is 1. The molecule has 0 N–H and O–H groups in total. The van der Waals surface area contributed by atoms with Gasteiger partial charge in [-0.2, -0.15) is 0 Å². The van der Waals surface area contributed by atoms with Crippen LogP contribution in [0.2, 0.25) is 0 Å². The Morgan fingerprint density at radius 1 is 1.47 bits per heavy atom. The molecule has 0 radical (unpaired) electrons. The van der Waals surface area contributed by atoms with Crippen LogP contribution in [0.5, 0.6) is 0 Å². The first kappa shape index (κ1) is 11.7. The lowest BCUT2D eigenvalue weighted by Gasteiger charge is -2.08.